The van der Waals surface area contributed by atoms with Crippen molar-refractivity contribution in [2.24, 2.45) is 5.92 Å². The molecule has 1 aliphatic rings. The van der Waals surface area contributed by atoms with Gasteiger partial charge < -0.3 is 15.2 Å². The Morgan fingerprint density at radius 3 is 3.14 bits per heavy atom. The molecule has 21 heavy (non-hydrogen) atoms. The van der Waals surface area contributed by atoms with Crippen molar-refractivity contribution in [1.29, 1.82) is 0 Å². The van der Waals surface area contributed by atoms with E-state index in [9.17, 15) is 4.79 Å². The van der Waals surface area contributed by atoms with E-state index < -0.39 is 0 Å². The molecular formula is C15H21N5O. The number of carbonyl (C=O) groups is 1. The number of hydrogen-bond donors (Lipinski definition) is 2. The van der Waals surface area contributed by atoms with Crippen molar-refractivity contribution in [3.05, 3.63) is 18.6 Å². The zero-order valence-electron chi connectivity index (χ0n) is 12.5. The molecule has 1 amide bonds. The molecule has 3 heterocycles. The highest BCUT2D eigenvalue weighted by atomic mass is 16.2. The summed E-state index contributed by atoms with van der Waals surface area (Å²) in [4.78, 5) is 25.5. The first-order chi connectivity index (χ1) is 10.2. The van der Waals surface area contributed by atoms with E-state index in [1.807, 2.05) is 24.1 Å². The second-order valence-electron chi connectivity index (χ2n) is 5.80. The second kappa shape index (κ2) is 5.71. The summed E-state index contributed by atoms with van der Waals surface area (Å²) in [6, 6.07) is 2.20. The van der Waals surface area contributed by atoms with Crippen LogP contribution in [0.4, 0.5) is 5.82 Å². The first kappa shape index (κ1) is 13.9. The van der Waals surface area contributed by atoms with Gasteiger partial charge in [-0.05, 0) is 18.4 Å². The summed E-state index contributed by atoms with van der Waals surface area (Å²) >= 11 is 0. The molecule has 2 N–H and O–H groups in total. The van der Waals surface area contributed by atoms with Gasteiger partial charge in [-0.2, -0.15) is 0 Å². The molecule has 2 atom stereocenters. The van der Waals surface area contributed by atoms with Crippen LogP contribution in [0.15, 0.2) is 18.6 Å². The molecule has 0 spiro atoms. The Balaban J connectivity index is 1.77. The summed E-state index contributed by atoms with van der Waals surface area (Å²) in [6.07, 6.45) is 5.03. The smallest absolute Gasteiger partial charge is 0.222 e. The number of hydrogen-bond acceptors (Lipinski definition) is 4. The summed E-state index contributed by atoms with van der Waals surface area (Å²) in [5, 5.41) is 4.47. The maximum absolute atomic E-state index is 11.9. The minimum absolute atomic E-state index is 0.225. The lowest BCUT2D eigenvalue weighted by molar-refractivity contribution is -0.132. The number of H-pyrrole nitrogens is 1. The number of aromatic amines is 1. The van der Waals surface area contributed by atoms with E-state index in [4.69, 9.17) is 0 Å². The first-order valence-corrected chi connectivity index (χ1v) is 7.49. The van der Waals surface area contributed by atoms with Crippen molar-refractivity contribution in [3.8, 4) is 0 Å². The summed E-state index contributed by atoms with van der Waals surface area (Å²) in [5.41, 5.74) is 0.831. The molecular weight excluding hydrogens is 266 g/mol. The third-order valence-electron chi connectivity index (χ3n) is 4.01. The molecule has 1 fully saturated rings. The van der Waals surface area contributed by atoms with E-state index >= 15 is 0 Å². The summed E-state index contributed by atoms with van der Waals surface area (Å²) in [5.74, 6) is 1.56. The standard InChI is InChI=1S/C15H21N5O/c1-3-13(21)20-7-10(2)6-11(8-20)19-15-12-4-5-16-14(12)17-9-18-15/h4-5,9-11H,3,6-8H2,1-2H3,(H2,16,17,18,19)/t10-,11+/m1/s1. The molecule has 6 nitrogen and oxygen atoms in total. The zero-order chi connectivity index (χ0) is 14.8. The first-order valence-electron chi connectivity index (χ1n) is 7.49. The molecule has 0 aliphatic carbocycles. The number of anilines is 1. The van der Waals surface area contributed by atoms with Gasteiger partial charge in [-0.25, -0.2) is 9.97 Å². The van der Waals surface area contributed by atoms with Crippen molar-refractivity contribution in [2.75, 3.05) is 18.4 Å². The van der Waals surface area contributed by atoms with Crippen LogP contribution in [0, 0.1) is 5.92 Å². The number of rotatable bonds is 3. The number of nitrogens with zero attached hydrogens (tertiary/aromatic N) is 3. The van der Waals surface area contributed by atoms with Gasteiger partial charge >= 0.3 is 0 Å². The van der Waals surface area contributed by atoms with E-state index in [0.29, 0.717) is 12.3 Å². The van der Waals surface area contributed by atoms with Crippen molar-refractivity contribution >= 4 is 22.8 Å². The highest BCUT2D eigenvalue weighted by molar-refractivity contribution is 5.86. The van der Waals surface area contributed by atoms with Crippen molar-refractivity contribution in [2.45, 2.75) is 32.7 Å². The Labute approximate surface area is 124 Å². The predicted molar refractivity (Wildman–Crippen MR) is 82.0 cm³/mol. The number of likely N-dealkylation sites (tertiary alicyclic amines) is 1. The van der Waals surface area contributed by atoms with Gasteiger partial charge in [0.15, 0.2) is 0 Å². The van der Waals surface area contributed by atoms with Gasteiger partial charge in [0, 0.05) is 31.7 Å². The van der Waals surface area contributed by atoms with Crippen LogP contribution in [-0.4, -0.2) is 44.9 Å². The lowest BCUT2D eigenvalue weighted by Gasteiger charge is -2.37. The molecule has 2 aromatic heterocycles. The van der Waals surface area contributed by atoms with Crippen LogP contribution in [0.2, 0.25) is 0 Å². The SMILES string of the molecule is CCC(=O)N1C[C@H](C)C[C@H](Nc2ncnc3[nH]ccc23)C1. The minimum atomic E-state index is 0.225. The summed E-state index contributed by atoms with van der Waals surface area (Å²) in [6.45, 7) is 5.70. The van der Waals surface area contributed by atoms with Gasteiger partial charge in [0.2, 0.25) is 5.91 Å². The molecule has 0 saturated carbocycles. The van der Waals surface area contributed by atoms with Crippen LogP contribution >= 0.6 is 0 Å². The molecule has 3 rings (SSSR count). The maximum atomic E-state index is 11.9. The van der Waals surface area contributed by atoms with E-state index in [0.717, 1.165) is 36.4 Å². The largest absolute Gasteiger partial charge is 0.365 e. The molecule has 1 saturated heterocycles. The Morgan fingerprint density at radius 1 is 1.48 bits per heavy atom. The Bertz CT molecular complexity index is 638. The Morgan fingerprint density at radius 2 is 2.33 bits per heavy atom. The fraction of sp³-hybridized carbons (Fsp3) is 0.533. The number of carbonyl (C=O) groups excluding carboxylic acids is 1. The van der Waals surface area contributed by atoms with Crippen LogP contribution in [-0.2, 0) is 4.79 Å². The molecule has 1 aliphatic heterocycles. The van der Waals surface area contributed by atoms with Crippen LogP contribution in [0.25, 0.3) is 11.0 Å². The molecule has 2 aromatic rings. The monoisotopic (exact) mass is 287 g/mol. The zero-order valence-corrected chi connectivity index (χ0v) is 12.5. The number of piperidine rings is 1. The lowest BCUT2D eigenvalue weighted by Crippen LogP contribution is -2.48. The van der Waals surface area contributed by atoms with Gasteiger partial charge in [-0.15, -0.1) is 0 Å². The van der Waals surface area contributed by atoms with Gasteiger partial charge in [-0.1, -0.05) is 13.8 Å². The predicted octanol–water partition coefficient (Wildman–Crippen LogP) is 2.02. The fourth-order valence-corrected chi connectivity index (χ4v) is 3.06. The fourth-order valence-electron chi connectivity index (χ4n) is 3.06. The normalized spacial score (nSPS) is 22.5. The summed E-state index contributed by atoms with van der Waals surface area (Å²) in [7, 11) is 0. The molecule has 0 radical (unpaired) electrons. The molecule has 0 unspecified atom stereocenters. The van der Waals surface area contributed by atoms with Crippen molar-refractivity contribution < 1.29 is 4.79 Å². The minimum Gasteiger partial charge on any atom is -0.365 e. The third-order valence-corrected chi connectivity index (χ3v) is 4.01. The van der Waals surface area contributed by atoms with Crippen LogP contribution in [0.1, 0.15) is 26.7 Å². The number of fused-ring (bicyclic) bond motifs is 1. The summed E-state index contributed by atoms with van der Waals surface area (Å²) < 4.78 is 0. The average Bonchev–Trinajstić information content (AvgIpc) is 2.95. The maximum Gasteiger partial charge on any atom is 0.222 e. The Hall–Kier alpha value is -2.11. The van der Waals surface area contributed by atoms with Crippen LogP contribution < -0.4 is 5.32 Å². The van der Waals surface area contributed by atoms with E-state index in [2.05, 4.69) is 27.2 Å². The number of nitrogens with one attached hydrogen (secondary N) is 2. The molecule has 0 bridgehead atoms. The number of aromatic nitrogens is 3. The van der Waals surface area contributed by atoms with Gasteiger partial charge in [0.1, 0.15) is 17.8 Å². The number of amides is 1. The van der Waals surface area contributed by atoms with Crippen LogP contribution in [0.3, 0.4) is 0 Å². The van der Waals surface area contributed by atoms with E-state index in [1.54, 1.807) is 6.33 Å². The topological polar surface area (TPSA) is 73.9 Å². The molecule has 0 aromatic carbocycles. The van der Waals surface area contributed by atoms with Gasteiger partial charge in [-0.3, -0.25) is 4.79 Å². The highest BCUT2D eigenvalue weighted by Gasteiger charge is 2.27. The van der Waals surface area contributed by atoms with Gasteiger partial charge in [0.05, 0.1) is 5.39 Å². The second-order valence-corrected chi connectivity index (χ2v) is 5.80. The average molecular weight is 287 g/mol. The molecule has 6 heteroatoms. The lowest BCUT2D eigenvalue weighted by atomic mass is 9.95. The van der Waals surface area contributed by atoms with Gasteiger partial charge in [0.25, 0.3) is 0 Å². The van der Waals surface area contributed by atoms with E-state index in [1.165, 1.54) is 0 Å². The van der Waals surface area contributed by atoms with Crippen molar-refractivity contribution in [1.82, 2.24) is 19.9 Å². The van der Waals surface area contributed by atoms with E-state index in [-0.39, 0.29) is 11.9 Å². The third kappa shape index (κ3) is 2.84. The van der Waals surface area contributed by atoms with Crippen LogP contribution in [0.5, 0.6) is 0 Å². The molecule has 112 valence electrons. The van der Waals surface area contributed by atoms with Crippen molar-refractivity contribution in [3.63, 3.8) is 0 Å². The quantitative estimate of drug-likeness (QED) is 0.905. The Kier molecular flexibility index (Phi) is 3.77. The highest BCUT2D eigenvalue weighted by Crippen LogP contribution is 2.23.